The zero-order chi connectivity index (χ0) is 21.2. The quantitative estimate of drug-likeness (QED) is 0.452. The molecular weight excluding hydrogens is 390 g/mol. The molecule has 5 rings (SSSR count). The van der Waals surface area contributed by atoms with Crippen LogP contribution in [0.15, 0.2) is 79.3 Å². The number of para-hydroxylation sites is 1. The number of aromatic nitrogens is 5. The third-order valence-corrected chi connectivity index (χ3v) is 4.75. The predicted octanol–water partition coefficient (Wildman–Crippen LogP) is 3.82. The number of nitrogens with one attached hydrogen (secondary N) is 1. The minimum Gasteiger partial charge on any atom is -0.274 e. The second-order valence-corrected chi connectivity index (χ2v) is 6.94. The Morgan fingerprint density at radius 1 is 0.839 bits per heavy atom. The van der Waals surface area contributed by atoms with Crippen LogP contribution in [-0.4, -0.2) is 31.1 Å². The molecule has 0 radical (unpaired) electrons. The molecule has 0 aliphatic carbocycles. The summed E-state index contributed by atoms with van der Waals surface area (Å²) >= 11 is 0. The summed E-state index contributed by atoms with van der Waals surface area (Å²) in [7, 11) is 0. The summed E-state index contributed by atoms with van der Waals surface area (Å²) in [5.41, 5.74) is 6.62. The molecule has 3 aromatic heterocycles. The van der Waals surface area contributed by atoms with Crippen LogP contribution in [0.25, 0.3) is 33.1 Å². The highest BCUT2D eigenvalue weighted by Gasteiger charge is 2.16. The first-order valence-electron chi connectivity index (χ1n) is 9.64. The summed E-state index contributed by atoms with van der Waals surface area (Å²) < 4.78 is 0. The smallest absolute Gasteiger partial charge is 0.268 e. The van der Waals surface area contributed by atoms with Gasteiger partial charge in [-0.15, -0.1) is 10.2 Å². The van der Waals surface area contributed by atoms with Crippen molar-refractivity contribution in [3.63, 3.8) is 0 Å². The molecule has 0 spiro atoms. The maximum atomic E-state index is 11.8. The second-order valence-electron chi connectivity index (χ2n) is 6.94. The van der Waals surface area contributed by atoms with Crippen LogP contribution in [0.1, 0.15) is 6.92 Å². The SMILES string of the molecule is CC(=O)NN(c1ccc2ncccc2c1)c1ncc(-c2cnc3ccccc3c2)nn1. The standard InChI is InChI=1S/C23H17N7O/c1-15(31)29-30(19-8-9-21-17(12-19)6-4-10-24-21)23-26-14-22(27-28-23)18-11-16-5-2-3-7-20(16)25-13-18/h2-14H,1H3,(H,29,31). The molecule has 5 aromatic rings. The van der Waals surface area contributed by atoms with Crippen LogP contribution < -0.4 is 10.4 Å². The van der Waals surface area contributed by atoms with Crippen LogP contribution in [0.5, 0.6) is 0 Å². The Morgan fingerprint density at radius 3 is 2.48 bits per heavy atom. The highest BCUT2D eigenvalue weighted by molar-refractivity contribution is 5.85. The Hall–Kier alpha value is -4.46. The number of nitrogens with zero attached hydrogens (tertiary/aromatic N) is 6. The molecular formula is C23H17N7O. The Labute approximate surface area is 177 Å². The fourth-order valence-electron chi connectivity index (χ4n) is 3.30. The normalized spacial score (nSPS) is 10.9. The van der Waals surface area contributed by atoms with Gasteiger partial charge in [0.2, 0.25) is 5.91 Å². The van der Waals surface area contributed by atoms with Crippen LogP contribution in [0, 0.1) is 0 Å². The lowest BCUT2D eigenvalue weighted by Crippen LogP contribution is -2.38. The average Bonchev–Trinajstić information content (AvgIpc) is 2.82. The van der Waals surface area contributed by atoms with Crippen molar-refractivity contribution < 1.29 is 4.79 Å². The van der Waals surface area contributed by atoms with E-state index in [4.69, 9.17) is 0 Å². The van der Waals surface area contributed by atoms with Gasteiger partial charge in [-0.25, -0.2) is 9.99 Å². The van der Waals surface area contributed by atoms with Crippen molar-refractivity contribution in [3.05, 3.63) is 79.3 Å². The van der Waals surface area contributed by atoms with Crippen molar-refractivity contribution in [2.75, 3.05) is 5.01 Å². The number of hydrazine groups is 1. The highest BCUT2D eigenvalue weighted by Crippen LogP contribution is 2.25. The van der Waals surface area contributed by atoms with Crippen molar-refractivity contribution in [1.29, 1.82) is 0 Å². The lowest BCUT2D eigenvalue weighted by atomic mass is 10.1. The first-order chi connectivity index (χ1) is 15.2. The molecule has 1 N–H and O–H groups in total. The predicted molar refractivity (Wildman–Crippen MR) is 118 cm³/mol. The number of carbonyl (C=O) groups is 1. The zero-order valence-corrected chi connectivity index (χ0v) is 16.6. The number of hydrogen-bond donors (Lipinski definition) is 1. The molecule has 0 saturated carbocycles. The van der Waals surface area contributed by atoms with Gasteiger partial charge in [0.15, 0.2) is 0 Å². The molecule has 150 valence electrons. The maximum absolute atomic E-state index is 11.8. The Kier molecular flexibility index (Phi) is 4.64. The average molecular weight is 407 g/mol. The lowest BCUT2D eigenvalue weighted by Gasteiger charge is -2.22. The summed E-state index contributed by atoms with van der Waals surface area (Å²) in [6.07, 6.45) is 5.10. The minimum atomic E-state index is -0.252. The number of amides is 1. The van der Waals surface area contributed by atoms with Gasteiger partial charge in [0.05, 0.1) is 22.9 Å². The summed E-state index contributed by atoms with van der Waals surface area (Å²) in [6, 6.07) is 19.3. The molecule has 0 fully saturated rings. The van der Waals surface area contributed by atoms with Crippen LogP contribution >= 0.6 is 0 Å². The molecule has 3 heterocycles. The summed E-state index contributed by atoms with van der Waals surface area (Å²) in [5.74, 6) is -0.00590. The van der Waals surface area contributed by atoms with Crippen LogP contribution in [0.3, 0.4) is 0 Å². The first kappa shape index (κ1) is 18.6. The Morgan fingerprint density at radius 2 is 1.65 bits per heavy atom. The third-order valence-electron chi connectivity index (χ3n) is 4.75. The molecule has 0 saturated heterocycles. The van der Waals surface area contributed by atoms with Crippen molar-refractivity contribution >= 4 is 39.3 Å². The van der Waals surface area contributed by atoms with E-state index in [0.717, 1.165) is 27.4 Å². The van der Waals surface area contributed by atoms with Gasteiger partial charge in [0.25, 0.3) is 5.95 Å². The molecule has 0 bridgehead atoms. The fourth-order valence-corrected chi connectivity index (χ4v) is 3.30. The van der Waals surface area contributed by atoms with Crippen molar-refractivity contribution in [3.8, 4) is 11.3 Å². The van der Waals surface area contributed by atoms with E-state index in [2.05, 4.69) is 30.6 Å². The topological polar surface area (TPSA) is 96.8 Å². The molecule has 1 amide bonds. The monoisotopic (exact) mass is 407 g/mol. The zero-order valence-electron chi connectivity index (χ0n) is 16.6. The van der Waals surface area contributed by atoms with Gasteiger partial charge in [-0.2, -0.15) is 0 Å². The van der Waals surface area contributed by atoms with E-state index < -0.39 is 0 Å². The Balaban J connectivity index is 1.51. The van der Waals surface area contributed by atoms with Gasteiger partial charge in [0.1, 0.15) is 5.69 Å². The number of rotatable bonds is 4. The third kappa shape index (κ3) is 3.74. The van der Waals surface area contributed by atoms with Crippen molar-refractivity contribution in [1.82, 2.24) is 30.6 Å². The van der Waals surface area contributed by atoms with E-state index in [0.29, 0.717) is 11.4 Å². The van der Waals surface area contributed by atoms with E-state index in [1.807, 2.05) is 60.7 Å². The lowest BCUT2D eigenvalue weighted by molar-refractivity contribution is -0.118. The second kappa shape index (κ2) is 7.75. The molecule has 31 heavy (non-hydrogen) atoms. The highest BCUT2D eigenvalue weighted by atomic mass is 16.2. The summed E-state index contributed by atoms with van der Waals surface area (Å²) in [5, 5.41) is 12.0. The molecule has 2 aromatic carbocycles. The summed E-state index contributed by atoms with van der Waals surface area (Å²) in [4.78, 5) is 25.1. The number of fused-ring (bicyclic) bond motifs is 2. The van der Waals surface area contributed by atoms with E-state index in [1.165, 1.54) is 11.9 Å². The van der Waals surface area contributed by atoms with Crippen molar-refractivity contribution in [2.45, 2.75) is 6.92 Å². The van der Waals surface area contributed by atoms with E-state index in [1.54, 1.807) is 18.6 Å². The van der Waals surface area contributed by atoms with Crippen molar-refractivity contribution in [2.24, 2.45) is 0 Å². The number of benzene rings is 2. The molecule has 0 aliphatic heterocycles. The van der Waals surface area contributed by atoms with E-state index >= 15 is 0 Å². The molecule has 8 heteroatoms. The van der Waals surface area contributed by atoms with Gasteiger partial charge < -0.3 is 0 Å². The number of carbonyl (C=O) groups excluding carboxylic acids is 1. The Bertz CT molecular complexity index is 1400. The number of anilines is 2. The largest absolute Gasteiger partial charge is 0.274 e. The maximum Gasteiger partial charge on any atom is 0.268 e. The molecule has 8 nitrogen and oxygen atoms in total. The number of hydrogen-bond acceptors (Lipinski definition) is 7. The van der Waals surface area contributed by atoms with E-state index in [9.17, 15) is 4.79 Å². The molecule has 0 atom stereocenters. The van der Waals surface area contributed by atoms with E-state index in [-0.39, 0.29) is 11.9 Å². The van der Waals surface area contributed by atoms with Crippen LogP contribution in [0.2, 0.25) is 0 Å². The van der Waals surface area contributed by atoms with Gasteiger partial charge in [-0.3, -0.25) is 20.2 Å². The first-order valence-corrected chi connectivity index (χ1v) is 9.64. The van der Waals surface area contributed by atoms with Gasteiger partial charge in [0, 0.05) is 35.7 Å². The molecule has 0 aliphatic rings. The molecule has 0 unspecified atom stereocenters. The summed E-state index contributed by atoms with van der Waals surface area (Å²) in [6.45, 7) is 1.43. The van der Waals surface area contributed by atoms with Gasteiger partial charge in [-0.1, -0.05) is 24.3 Å². The van der Waals surface area contributed by atoms with Crippen LogP contribution in [0.4, 0.5) is 11.6 Å². The van der Waals surface area contributed by atoms with Gasteiger partial charge in [-0.05, 0) is 36.4 Å². The fraction of sp³-hybridized carbons (Fsp3) is 0.0435. The minimum absolute atomic E-state index is 0.246. The van der Waals surface area contributed by atoms with Crippen LogP contribution in [-0.2, 0) is 4.79 Å². The number of pyridine rings is 2. The van der Waals surface area contributed by atoms with Gasteiger partial charge >= 0.3 is 0 Å².